The molecule has 1 amide bonds. The Morgan fingerprint density at radius 3 is 2.50 bits per heavy atom. The number of amides is 1. The molecule has 0 unspecified atom stereocenters. The van der Waals surface area contributed by atoms with E-state index in [0.29, 0.717) is 25.2 Å². The maximum atomic E-state index is 12.1. The largest absolute Gasteiger partial charge is 0.336 e. The van der Waals surface area contributed by atoms with Gasteiger partial charge in [-0.3, -0.25) is 9.69 Å². The third-order valence-corrected chi connectivity index (χ3v) is 3.23. The molecule has 4 nitrogen and oxygen atoms in total. The minimum absolute atomic E-state index is 0.150. The Balaban J connectivity index is 2.54. The van der Waals surface area contributed by atoms with Gasteiger partial charge in [0.05, 0.1) is 19.2 Å². The molecular formula is C12H21N3O. The highest BCUT2D eigenvalue weighted by Gasteiger charge is 2.28. The Kier molecular flexibility index (Phi) is 4.75. The molecular weight excluding hydrogens is 202 g/mol. The molecule has 0 saturated carbocycles. The average molecular weight is 223 g/mol. The van der Waals surface area contributed by atoms with Gasteiger partial charge in [0, 0.05) is 12.1 Å². The Labute approximate surface area is 97.8 Å². The van der Waals surface area contributed by atoms with Crippen LogP contribution in [0.1, 0.15) is 33.1 Å². The summed E-state index contributed by atoms with van der Waals surface area (Å²) < 4.78 is 0. The number of rotatable bonds is 3. The van der Waals surface area contributed by atoms with Crippen molar-refractivity contribution < 1.29 is 4.79 Å². The highest BCUT2D eigenvalue weighted by Crippen LogP contribution is 2.22. The second-order valence-corrected chi connectivity index (χ2v) is 4.76. The number of nitriles is 1. The van der Waals surface area contributed by atoms with Crippen LogP contribution in [-0.2, 0) is 4.79 Å². The fraction of sp³-hybridized carbons (Fsp3) is 0.833. The molecule has 0 N–H and O–H groups in total. The van der Waals surface area contributed by atoms with Crippen LogP contribution in [-0.4, -0.2) is 47.9 Å². The normalized spacial score (nSPS) is 25.6. The van der Waals surface area contributed by atoms with Gasteiger partial charge in [0.15, 0.2) is 0 Å². The van der Waals surface area contributed by atoms with Gasteiger partial charge in [0.25, 0.3) is 0 Å². The van der Waals surface area contributed by atoms with E-state index in [0.717, 1.165) is 12.8 Å². The van der Waals surface area contributed by atoms with E-state index in [1.54, 1.807) is 11.9 Å². The van der Waals surface area contributed by atoms with Crippen LogP contribution in [0.3, 0.4) is 0 Å². The van der Waals surface area contributed by atoms with Crippen LogP contribution in [0.5, 0.6) is 0 Å². The summed E-state index contributed by atoms with van der Waals surface area (Å²) in [6.45, 7) is 4.88. The van der Waals surface area contributed by atoms with Crippen molar-refractivity contribution in [3.05, 3.63) is 0 Å². The van der Waals surface area contributed by atoms with Crippen LogP contribution in [0.4, 0.5) is 0 Å². The first kappa shape index (κ1) is 13.0. The molecule has 1 aliphatic rings. The fourth-order valence-corrected chi connectivity index (χ4v) is 2.40. The van der Waals surface area contributed by atoms with Crippen molar-refractivity contribution in [3.8, 4) is 6.07 Å². The minimum Gasteiger partial charge on any atom is -0.336 e. The van der Waals surface area contributed by atoms with E-state index in [9.17, 15) is 4.79 Å². The molecule has 0 aromatic carbocycles. The van der Waals surface area contributed by atoms with Crippen LogP contribution in [0.15, 0.2) is 0 Å². The van der Waals surface area contributed by atoms with Crippen molar-refractivity contribution in [3.63, 3.8) is 0 Å². The summed E-state index contributed by atoms with van der Waals surface area (Å²) in [5, 5.41) is 8.55. The molecule has 90 valence electrons. The predicted octanol–water partition coefficient (Wildman–Crippen LogP) is 1.23. The van der Waals surface area contributed by atoms with Crippen LogP contribution in [0.25, 0.3) is 0 Å². The molecule has 1 heterocycles. The van der Waals surface area contributed by atoms with Crippen molar-refractivity contribution in [2.24, 2.45) is 0 Å². The van der Waals surface area contributed by atoms with E-state index < -0.39 is 0 Å². The Bertz CT molecular complexity index is 274. The second kappa shape index (κ2) is 5.86. The van der Waals surface area contributed by atoms with Gasteiger partial charge in [0.1, 0.15) is 0 Å². The zero-order valence-corrected chi connectivity index (χ0v) is 10.4. The van der Waals surface area contributed by atoms with Gasteiger partial charge < -0.3 is 4.90 Å². The second-order valence-electron chi connectivity index (χ2n) is 4.76. The van der Waals surface area contributed by atoms with Crippen LogP contribution in [0, 0.1) is 11.3 Å². The van der Waals surface area contributed by atoms with Crippen LogP contribution >= 0.6 is 0 Å². The van der Waals surface area contributed by atoms with E-state index in [2.05, 4.69) is 19.9 Å². The maximum Gasteiger partial charge on any atom is 0.237 e. The minimum atomic E-state index is 0.150. The predicted molar refractivity (Wildman–Crippen MR) is 62.7 cm³/mol. The molecule has 4 heteroatoms. The smallest absolute Gasteiger partial charge is 0.237 e. The van der Waals surface area contributed by atoms with Gasteiger partial charge in [-0.1, -0.05) is 0 Å². The number of nitrogens with zero attached hydrogens (tertiary/aromatic N) is 3. The van der Waals surface area contributed by atoms with E-state index in [1.807, 2.05) is 4.90 Å². The molecule has 0 radical (unpaired) electrons. The highest BCUT2D eigenvalue weighted by molar-refractivity contribution is 5.79. The molecule has 0 bridgehead atoms. The maximum absolute atomic E-state index is 12.1. The van der Waals surface area contributed by atoms with Gasteiger partial charge in [-0.05, 0) is 40.2 Å². The molecule has 0 spiro atoms. The van der Waals surface area contributed by atoms with Crippen molar-refractivity contribution in [2.75, 3.05) is 20.1 Å². The van der Waals surface area contributed by atoms with Crippen LogP contribution < -0.4 is 0 Å². The van der Waals surface area contributed by atoms with Gasteiger partial charge >= 0.3 is 0 Å². The number of hydrogen-bond donors (Lipinski definition) is 0. The Morgan fingerprint density at radius 1 is 1.44 bits per heavy atom. The third kappa shape index (κ3) is 3.21. The van der Waals surface area contributed by atoms with E-state index in [4.69, 9.17) is 5.26 Å². The molecule has 0 aromatic heterocycles. The van der Waals surface area contributed by atoms with Crippen molar-refractivity contribution in [2.45, 2.75) is 45.2 Å². The lowest BCUT2D eigenvalue weighted by molar-refractivity contribution is -0.138. The lowest BCUT2D eigenvalue weighted by Gasteiger charge is -2.39. The number of carbonyl (C=O) groups excluding carboxylic acids is 1. The first-order valence-electron chi connectivity index (χ1n) is 5.93. The molecule has 1 saturated heterocycles. The molecule has 2 atom stereocenters. The number of piperidine rings is 1. The van der Waals surface area contributed by atoms with Crippen molar-refractivity contribution in [1.82, 2.24) is 9.80 Å². The first-order valence-corrected chi connectivity index (χ1v) is 5.93. The van der Waals surface area contributed by atoms with Crippen molar-refractivity contribution >= 4 is 5.91 Å². The monoisotopic (exact) mass is 223 g/mol. The topological polar surface area (TPSA) is 47.3 Å². The fourth-order valence-electron chi connectivity index (χ4n) is 2.40. The first-order chi connectivity index (χ1) is 7.56. The van der Waals surface area contributed by atoms with E-state index >= 15 is 0 Å². The summed E-state index contributed by atoms with van der Waals surface area (Å²) in [4.78, 5) is 15.8. The molecule has 0 aromatic rings. The zero-order valence-electron chi connectivity index (χ0n) is 10.4. The third-order valence-electron chi connectivity index (χ3n) is 3.23. The van der Waals surface area contributed by atoms with E-state index in [-0.39, 0.29) is 5.91 Å². The average Bonchev–Trinajstić information content (AvgIpc) is 2.17. The van der Waals surface area contributed by atoms with Gasteiger partial charge in [-0.15, -0.1) is 0 Å². The van der Waals surface area contributed by atoms with E-state index in [1.165, 1.54) is 6.42 Å². The molecule has 0 aliphatic carbocycles. The summed E-state index contributed by atoms with van der Waals surface area (Å²) in [5.41, 5.74) is 0. The lowest BCUT2D eigenvalue weighted by atomic mass is 9.97. The van der Waals surface area contributed by atoms with Gasteiger partial charge in [-0.25, -0.2) is 0 Å². The molecule has 1 fully saturated rings. The number of hydrogen-bond acceptors (Lipinski definition) is 3. The molecule has 16 heavy (non-hydrogen) atoms. The highest BCUT2D eigenvalue weighted by atomic mass is 16.2. The zero-order chi connectivity index (χ0) is 12.1. The number of carbonyl (C=O) groups is 1. The standard InChI is InChI=1S/C12H21N3O/c1-10-5-4-6-11(2)15(10)12(16)9-14(3)8-7-13/h10-11H,4-6,8-9H2,1-3H3/t10-,11-/m0/s1. The quantitative estimate of drug-likeness (QED) is 0.676. The SMILES string of the molecule is C[C@H]1CCC[C@H](C)N1C(=O)CN(C)CC#N. The van der Waals surface area contributed by atoms with Gasteiger partial charge in [-0.2, -0.15) is 5.26 Å². The van der Waals surface area contributed by atoms with Gasteiger partial charge in [0.2, 0.25) is 5.91 Å². The van der Waals surface area contributed by atoms with Crippen LogP contribution in [0.2, 0.25) is 0 Å². The Hall–Kier alpha value is -1.08. The summed E-state index contributed by atoms with van der Waals surface area (Å²) in [6.07, 6.45) is 3.40. The Morgan fingerprint density at radius 2 is 2.00 bits per heavy atom. The van der Waals surface area contributed by atoms with Crippen molar-refractivity contribution in [1.29, 1.82) is 5.26 Å². The molecule has 1 aliphatic heterocycles. The summed E-state index contributed by atoms with van der Waals surface area (Å²) in [5.74, 6) is 0.150. The summed E-state index contributed by atoms with van der Waals surface area (Å²) in [6, 6.07) is 2.73. The number of likely N-dealkylation sites (tertiary alicyclic amines) is 1. The lowest BCUT2D eigenvalue weighted by Crippen LogP contribution is -2.50. The number of likely N-dealkylation sites (N-methyl/N-ethyl adjacent to an activating group) is 1. The molecule has 1 rings (SSSR count). The summed E-state index contributed by atoms with van der Waals surface area (Å²) >= 11 is 0. The summed E-state index contributed by atoms with van der Waals surface area (Å²) in [7, 11) is 1.81.